The van der Waals surface area contributed by atoms with Crippen molar-refractivity contribution in [2.45, 2.75) is 13.8 Å². The van der Waals surface area contributed by atoms with E-state index in [1.807, 2.05) is 6.92 Å². The van der Waals surface area contributed by atoms with Gasteiger partial charge in [-0.15, -0.1) is 0 Å². The van der Waals surface area contributed by atoms with E-state index in [2.05, 4.69) is 0 Å². The van der Waals surface area contributed by atoms with Crippen molar-refractivity contribution >= 4 is 11.6 Å². The van der Waals surface area contributed by atoms with Crippen LogP contribution in [0.1, 0.15) is 13.8 Å². The van der Waals surface area contributed by atoms with Crippen LogP contribution in [-0.4, -0.2) is 17.6 Å². The van der Waals surface area contributed by atoms with E-state index < -0.39 is 0 Å². The molecule has 0 saturated carbocycles. The first-order chi connectivity index (χ1) is 6.16. The summed E-state index contributed by atoms with van der Waals surface area (Å²) in [6.07, 6.45) is 0. The molecule has 0 saturated heterocycles. The average Bonchev–Trinajstić information content (AvgIpc) is 2.09. The highest BCUT2D eigenvalue weighted by molar-refractivity contribution is 5.92. The largest absolute Gasteiger partial charge is 0.506 e. The summed E-state index contributed by atoms with van der Waals surface area (Å²) in [6, 6.07) is 6.81. The summed E-state index contributed by atoms with van der Waals surface area (Å²) in [5, 5.41) is 9.47. The molecule has 0 heterocycles. The van der Waals surface area contributed by atoms with E-state index in [1.165, 1.54) is 11.8 Å². The number of carbonyl (C=O) groups is 1. The quantitative estimate of drug-likeness (QED) is 0.751. The first kappa shape index (κ1) is 9.58. The van der Waals surface area contributed by atoms with Gasteiger partial charge in [0, 0.05) is 13.5 Å². The molecular formula is C10H13NO2. The zero-order valence-corrected chi connectivity index (χ0v) is 7.82. The fraction of sp³-hybridized carbons (Fsp3) is 0.300. The van der Waals surface area contributed by atoms with Crippen molar-refractivity contribution in [3.63, 3.8) is 0 Å². The monoisotopic (exact) mass is 179 g/mol. The minimum Gasteiger partial charge on any atom is -0.506 e. The summed E-state index contributed by atoms with van der Waals surface area (Å²) < 4.78 is 0. The molecule has 1 rings (SSSR count). The Morgan fingerprint density at radius 3 is 2.54 bits per heavy atom. The smallest absolute Gasteiger partial charge is 0.223 e. The van der Waals surface area contributed by atoms with E-state index in [1.54, 1.807) is 24.3 Å². The molecule has 1 N–H and O–H groups in total. The predicted octanol–water partition coefficient (Wildman–Crippen LogP) is 1.76. The number of phenolic OH excluding ortho intramolecular Hbond substituents is 1. The highest BCUT2D eigenvalue weighted by Crippen LogP contribution is 2.25. The molecule has 0 aromatic heterocycles. The number of carbonyl (C=O) groups excluding carboxylic acids is 1. The lowest BCUT2D eigenvalue weighted by Gasteiger charge is -2.19. The lowest BCUT2D eigenvalue weighted by molar-refractivity contribution is -0.116. The summed E-state index contributed by atoms with van der Waals surface area (Å²) in [5.74, 6) is 0.0727. The Bertz CT molecular complexity index is 310. The molecule has 0 spiro atoms. The summed E-state index contributed by atoms with van der Waals surface area (Å²) in [6.45, 7) is 3.91. The summed E-state index contributed by atoms with van der Waals surface area (Å²) in [7, 11) is 0. The van der Waals surface area contributed by atoms with E-state index in [0.717, 1.165) is 0 Å². The number of hydrogen-bond donors (Lipinski definition) is 1. The number of nitrogens with zero attached hydrogens (tertiary/aromatic N) is 1. The molecule has 0 unspecified atom stereocenters. The molecule has 0 atom stereocenters. The van der Waals surface area contributed by atoms with Gasteiger partial charge in [-0.1, -0.05) is 12.1 Å². The minimum atomic E-state index is -0.0657. The standard InChI is InChI=1S/C10H13NO2/c1-3-11(8(2)12)9-6-4-5-7-10(9)13/h4-7,13H,3H2,1-2H3. The zero-order chi connectivity index (χ0) is 9.84. The lowest BCUT2D eigenvalue weighted by atomic mass is 10.2. The fourth-order valence-corrected chi connectivity index (χ4v) is 1.26. The van der Waals surface area contributed by atoms with Gasteiger partial charge in [0.15, 0.2) is 0 Å². The van der Waals surface area contributed by atoms with Crippen molar-refractivity contribution < 1.29 is 9.90 Å². The van der Waals surface area contributed by atoms with Gasteiger partial charge in [0.05, 0.1) is 5.69 Å². The molecule has 70 valence electrons. The fourth-order valence-electron chi connectivity index (χ4n) is 1.26. The van der Waals surface area contributed by atoms with E-state index in [9.17, 15) is 9.90 Å². The molecule has 3 nitrogen and oxygen atoms in total. The number of amides is 1. The van der Waals surface area contributed by atoms with Crippen LogP contribution >= 0.6 is 0 Å². The minimum absolute atomic E-state index is 0.0657. The molecule has 1 amide bonds. The van der Waals surface area contributed by atoms with Crippen molar-refractivity contribution in [3.05, 3.63) is 24.3 Å². The Labute approximate surface area is 77.6 Å². The second-order valence-electron chi connectivity index (χ2n) is 2.75. The van der Waals surface area contributed by atoms with Gasteiger partial charge in [0.2, 0.25) is 5.91 Å². The Morgan fingerprint density at radius 2 is 2.08 bits per heavy atom. The topological polar surface area (TPSA) is 40.5 Å². The van der Waals surface area contributed by atoms with Crippen LogP contribution in [0.15, 0.2) is 24.3 Å². The van der Waals surface area contributed by atoms with Crippen LogP contribution in [0.3, 0.4) is 0 Å². The summed E-state index contributed by atoms with van der Waals surface area (Å²) in [5.41, 5.74) is 0.567. The maximum Gasteiger partial charge on any atom is 0.223 e. The highest BCUT2D eigenvalue weighted by Gasteiger charge is 2.11. The first-order valence-corrected chi connectivity index (χ1v) is 4.23. The van der Waals surface area contributed by atoms with Crippen LogP contribution in [0.25, 0.3) is 0 Å². The van der Waals surface area contributed by atoms with Gasteiger partial charge in [-0.2, -0.15) is 0 Å². The van der Waals surface area contributed by atoms with E-state index >= 15 is 0 Å². The summed E-state index contributed by atoms with van der Waals surface area (Å²) >= 11 is 0. The molecule has 1 aromatic rings. The van der Waals surface area contributed by atoms with Crippen molar-refractivity contribution in [1.29, 1.82) is 0 Å². The van der Waals surface area contributed by atoms with E-state index in [0.29, 0.717) is 12.2 Å². The van der Waals surface area contributed by atoms with Gasteiger partial charge in [-0.25, -0.2) is 0 Å². The summed E-state index contributed by atoms with van der Waals surface area (Å²) in [4.78, 5) is 12.7. The third-order valence-corrected chi connectivity index (χ3v) is 1.87. The molecule has 0 fully saturated rings. The molecule has 1 aromatic carbocycles. The second-order valence-corrected chi connectivity index (χ2v) is 2.75. The van der Waals surface area contributed by atoms with Crippen molar-refractivity contribution in [1.82, 2.24) is 0 Å². The predicted molar refractivity (Wildman–Crippen MR) is 51.8 cm³/mol. The van der Waals surface area contributed by atoms with Crippen molar-refractivity contribution in [2.75, 3.05) is 11.4 Å². The molecule has 0 aliphatic carbocycles. The van der Waals surface area contributed by atoms with Gasteiger partial charge in [-0.3, -0.25) is 4.79 Å². The number of aromatic hydroxyl groups is 1. The number of para-hydroxylation sites is 2. The molecule has 0 aliphatic rings. The Morgan fingerprint density at radius 1 is 1.46 bits per heavy atom. The SMILES string of the molecule is CCN(C(C)=O)c1ccccc1O. The average molecular weight is 179 g/mol. The molecule has 0 radical (unpaired) electrons. The van der Waals surface area contributed by atoms with Crippen LogP contribution in [0.4, 0.5) is 5.69 Å². The molecule has 0 bridgehead atoms. The number of phenols is 1. The Balaban J connectivity index is 3.04. The third-order valence-electron chi connectivity index (χ3n) is 1.87. The van der Waals surface area contributed by atoms with Crippen LogP contribution in [0.2, 0.25) is 0 Å². The van der Waals surface area contributed by atoms with Crippen LogP contribution in [0, 0.1) is 0 Å². The Kier molecular flexibility index (Phi) is 2.90. The number of rotatable bonds is 2. The zero-order valence-electron chi connectivity index (χ0n) is 7.82. The van der Waals surface area contributed by atoms with Crippen LogP contribution in [-0.2, 0) is 4.79 Å². The van der Waals surface area contributed by atoms with E-state index in [4.69, 9.17) is 0 Å². The van der Waals surface area contributed by atoms with Gasteiger partial charge in [0.25, 0.3) is 0 Å². The van der Waals surface area contributed by atoms with Crippen molar-refractivity contribution in [2.24, 2.45) is 0 Å². The molecule has 13 heavy (non-hydrogen) atoms. The van der Waals surface area contributed by atoms with Gasteiger partial charge >= 0.3 is 0 Å². The lowest BCUT2D eigenvalue weighted by Crippen LogP contribution is -2.27. The number of benzene rings is 1. The number of hydrogen-bond acceptors (Lipinski definition) is 2. The second kappa shape index (κ2) is 3.94. The van der Waals surface area contributed by atoms with Crippen LogP contribution < -0.4 is 4.90 Å². The molecular weight excluding hydrogens is 166 g/mol. The maximum atomic E-state index is 11.1. The Hall–Kier alpha value is -1.51. The van der Waals surface area contributed by atoms with Gasteiger partial charge < -0.3 is 10.0 Å². The molecule has 3 heteroatoms. The highest BCUT2D eigenvalue weighted by atomic mass is 16.3. The normalized spacial score (nSPS) is 9.69. The maximum absolute atomic E-state index is 11.1. The van der Waals surface area contributed by atoms with E-state index in [-0.39, 0.29) is 11.7 Å². The van der Waals surface area contributed by atoms with Crippen LogP contribution in [0.5, 0.6) is 5.75 Å². The third kappa shape index (κ3) is 1.99. The van der Waals surface area contributed by atoms with Gasteiger partial charge in [0.1, 0.15) is 5.75 Å². The number of anilines is 1. The van der Waals surface area contributed by atoms with Gasteiger partial charge in [-0.05, 0) is 19.1 Å². The first-order valence-electron chi connectivity index (χ1n) is 4.23. The van der Waals surface area contributed by atoms with Crippen molar-refractivity contribution in [3.8, 4) is 5.75 Å². The molecule has 0 aliphatic heterocycles.